The third-order valence-corrected chi connectivity index (χ3v) is 2.71. The summed E-state index contributed by atoms with van der Waals surface area (Å²) in [5.74, 6) is 0. The molecule has 3 nitrogen and oxygen atoms in total. The maximum absolute atomic E-state index is 4.35. The third kappa shape index (κ3) is 3.43. The van der Waals surface area contributed by atoms with Gasteiger partial charge in [0.1, 0.15) is 0 Å². The number of rotatable bonds is 6. The van der Waals surface area contributed by atoms with Crippen molar-refractivity contribution in [1.29, 1.82) is 0 Å². The minimum absolute atomic E-state index is 0.844. The van der Waals surface area contributed by atoms with Crippen molar-refractivity contribution in [3.63, 3.8) is 0 Å². The maximum atomic E-state index is 4.35. The Balaban J connectivity index is 1.99. The molecule has 0 aliphatic rings. The summed E-state index contributed by atoms with van der Waals surface area (Å²) in [6, 6.07) is 10.3. The van der Waals surface area contributed by atoms with E-state index in [1.807, 2.05) is 18.3 Å². The Labute approximate surface area is 103 Å². The SMILES string of the molecule is CCCNCc1cccn1Cc1ccccn1. The molecule has 90 valence electrons. The van der Waals surface area contributed by atoms with Gasteiger partial charge in [-0.15, -0.1) is 0 Å². The van der Waals surface area contributed by atoms with Gasteiger partial charge < -0.3 is 9.88 Å². The first kappa shape index (κ1) is 11.9. The van der Waals surface area contributed by atoms with E-state index >= 15 is 0 Å². The van der Waals surface area contributed by atoms with E-state index in [4.69, 9.17) is 0 Å². The Bertz CT molecular complexity index is 434. The Hall–Kier alpha value is -1.61. The number of nitrogens with one attached hydrogen (secondary N) is 1. The maximum Gasteiger partial charge on any atom is 0.0645 e. The highest BCUT2D eigenvalue weighted by atomic mass is 15.0. The monoisotopic (exact) mass is 229 g/mol. The van der Waals surface area contributed by atoms with Gasteiger partial charge in [0.05, 0.1) is 12.2 Å². The van der Waals surface area contributed by atoms with E-state index in [0.29, 0.717) is 0 Å². The Morgan fingerprint density at radius 2 is 2.18 bits per heavy atom. The lowest BCUT2D eigenvalue weighted by Gasteiger charge is -2.09. The molecule has 2 heterocycles. The van der Waals surface area contributed by atoms with Gasteiger partial charge in [0.2, 0.25) is 0 Å². The quantitative estimate of drug-likeness (QED) is 0.771. The van der Waals surface area contributed by atoms with Crippen LogP contribution in [0.5, 0.6) is 0 Å². The minimum Gasteiger partial charge on any atom is -0.344 e. The topological polar surface area (TPSA) is 29.9 Å². The van der Waals surface area contributed by atoms with E-state index in [2.05, 4.69) is 46.2 Å². The van der Waals surface area contributed by atoms with Crippen molar-refractivity contribution < 1.29 is 0 Å². The van der Waals surface area contributed by atoms with Crippen LogP contribution in [0.15, 0.2) is 42.7 Å². The van der Waals surface area contributed by atoms with Crippen LogP contribution in [0.1, 0.15) is 24.7 Å². The Morgan fingerprint density at radius 3 is 2.94 bits per heavy atom. The van der Waals surface area contributed by atoms with Crippen LogP contribution in [0, 0.1) is 0 Å². The molecule has 0 aliphatic carbocycles. The Morgan fingerprint density at radius 1 is 1.24 bits per heavy atom. The van der Waals surface area contributed by atoms with Crippen molar-refractivity contribution >= 4 is 0 Å². The van der Waals surface area contributed by atoms with Gasteiger partial charge in [-0.25, -0.2) is 0 Å². The molecule has 2 rings (SSSR count). The smallest absolute Gasteiger partial charge is 0.0645 e. The first-order valence-corrected chi connectivity index (χ1v) is 6.15. The standard InChI is InChI=1S/C14H19N3/c1-2-8-15-11-14-7-5-10-17(14)12-13-6-3-4-9-16-13/h3-7,9-10,15H,2,8,11-12H2,1H3. The van der Waals surface area contributed by atoms with Crippen LogP contribution >= 0.6 is 0 Å². The zero-order chi connectivity index (χ0) is 11.9. The van der Waals surface area contributed by atoms with Gasteiger partial charge >= 0.3 is 0 Å². The molecule has 0 bridgehead atoms. The third-order valence-electron chi connectivity index (χ3n) is 2.71. The van der Waals surface area contributed by atoms with Crippen LogP contribution < -0.4 is 5.32 Å². The second kappa shape index (κ2) is 6.21. The number of aromatic nitrogens is 2. The highest BCUT2D eigenvalue weighted by Gasteiger charge is 2.01. The van der Waals surface area contributed by atoms with Gasteiger partial charge in [-0.2, -0.15) is 0 Å². The van der Waals surface area contributed by atoms with Crippen LogP contribution in [0.2, 0.25) is 0 Å². The van der Waals surface area contributed by atoms with E-state index in [1.54, 1.807) is 0 Å². The average molecular weight is 229 g/mol. The molecule has 17 heavy (non-hydrogen) atoms. The fourth-order valence-corrected chi connectivity index (χ4v) is 1.82. The first-order chi connectivity index (χ1) is 8.40. The number of hydrogen-bond donors (Lipinski definition) is 1. The van der Waals surface area contributed by atoms with Crippen molar-refractivity contribution in [3.05, 3.63) is 54.1 Å². The van der Waals surface area contributed by atoms with Crippen molar-refractivity contribution in [1.82, 2.24) is 14.9 Å². The van der Waals surface area contributed by atoms with E-state index in [0.717, 1.165) is 25.3 Å². The fraction of sp³-hybridized carbons (Fsp3) is 0.357. The largest absolute Gasteiger partial charge is 0.344 e. The zero-order valence-corrected chi connectivity index (χ0v) is 10.3. The molecular weight excluding hydrogens is 210 g/mol. The molecular formula is C14H19N3. The first-order valence-electron chi connectivity index (χ1n) is 6.15. The average Bonchev–Trinajstić information content (AvgIpc) is 2.79. The van der Waals surface area contributed by atoms with Gasteiger partial charge in [0, 0.05) is 24.6 Å². The van der Waals surface area contributed by atoms with Crippen molar-refractivity contribution in [2.45, 2.75) is 26.4 Å². The molecule has 0 fully saturated rings. The number of nitrogens with zero attached hydrogens (tertiary/aromatic N) is 2. The second-order valence-corrected chi connectivity index (χ2v) is 4.13. The van der Waals surface area contributed by atoms with Gasteiger partial charge in [-0.3, -0.25) is 4.98 Å². The van der Waals surface area contributed by atoms with Crippen molar-refractivity contribution in [2.75, 3.05) is 6.54 Å². The molecule has 2 aromatic rings. The summed E-state index contributed by atoms with van der Waals surface area (Å²) in [6.07, 6.45) is 5.12. The highest BCUT2D eigenvalue weighted by Crippen LogP contribution is 2.05. The normalized spacial score (nSPS) is 10.6. The van der Waals surface area contributed by atoms with Gasteiger partial charge in [-0.1, -0.05) is 13.0 Å². The van der Waals surface area contributed by atoms with E-state index in [-0.39, 0.29) is 0 Å². The second-order valence-electron chi connectivity index (χ2n) is 4.13. The lowest BCUT2D eigenvalue weighted by atomic mass is 10.3. The fourth-order valence-electron chi connectivity index (χ4n) is 1.82. The van der Waals surface area contributed by atoms with Crippen LogP contribution in [-0.2, 0) is 13.1 Å². The summed E-state index contributed by atoms with van der Waals surface area (Å²) >= 11 is 0. The van der Waals surface area contributed by atoms with Crippen molar-refractivity contribution in [3.8, 4) is 0 Å². The molecule has 0 saturated heterocycles. The van der Waals surface area contributed by atoms with Crippen molar-refractivity contribution in [2.24, 2.45) is 0 Å². The predicted molar refractivity (Wildman–Crippen MR) is 69.8 cm³/mol. The Kier molecular flexibility index (Phi) is 4.33. The molecule has 0 saturated carbocycles. The van der Waals surface area contributed by atoms with Crippen LogP contribution in [0.3, 0.4) is 0 Å². The van der Waals surface area contributed by atoms with Crippen LogP contribution in [0.4, 0.5) is 0 Å². The van der Waals surface area contributed by atoms with Gasteiger partial charge in [0.25, 0.3) is 0 Å². The van der Waals surface area contributed by atoms with E-state index < -0.39 is 0 Å². The molecule has 0 spiro atoms. The molecule has 1 N–H and O–H groups in total. The molecule has 3 heteroatoms. The summed E-state index contributed by atoms with van der Waals surface area (Å²) in [7, 11) is 0. The molecule has 2 aromatic heterocycles. The summed E-state index contributed by atoms with van der Waals surface area (Å²) < 4.78 is 2.24. The summed E-state index contributed by atoms with van der Waals surface area (Å²) in [5, 5.41) is 3.42. The van der Waals surface area contributed by atoms with Gasteiger partial charge in [-0.05, 0) is 37.2 Å². The zero-order valence-electron chi connectivity index (χ0n) is 10.3. The lowest BCUT2D eigenvalue weighted by molar-refractivity contribution is 0.627. The summed E-state index contributed by atoms with van der Waals surface area (Å²) in [4.78, 5) is 4.35. The predicted octanol–water partition coefficient (Wildman–Crippen LogP) is 2.43. The van der Waals surface area contributed by atoms with Crippen LogP contribution in [0.25, 0.3) is 0 Å². The molecule has 0 aliphatic heterocycles. The molecule has 0 amide bonds. The highest BCUT2D eigenvalue weighted by molar-refractivity contribution is 5.11. The molecule has 0 radical (unpaired) electrons. The van der Waals surface area contributed by atoms with E-state index in [1.165, 1.54) is 12.1 Å². The molecule has 0 atom stereocenters. The summed E-state index contributed by atoms with van der Waals surface area (Å²) in [6.45, 7) is 5.01. The lowest BCUT2D eigenvalue weighted by Crippen LogP contribution is -2.17. The molecule has 0 unspecified atom stereocenters. The number of pyridine rings is 1. The minimum atomic E-state index is 0.844. The van der Waals surface area contributed by atoms with E-state index in [9.17, 15) is 0 Å². The summed E-state index contributed by atoms with van der Waals surface area (Å²) in [5.41, 5.74) is 2.41. The molecule has 0 aromatic carbocycles. The number of hydrogen-bond acceptors (Lipinski definition) is 2. The van der Waals surface area contributed by atoms with Gasteiger partial charge in [0.15, 0.2) is 0 Å². The van der Waals surface area contributed by atoms with Crippen LogP contribution in [-0.4, -0.2) is 16.1 Å².